The minimum atomic E-state index is -0.673. The number of nitrogens with one attached hydrogen (secondary N) is 1. The van der Waals surface area contributed by atoms with Gasteiger partial charge in [-0.1, -0.05) is 11.6 Å². The fourth-order valence-electron chi connectivity index (χ4n) is 5.41. The van der Waals surface area contributed by atoms with Gasteiger partial charge in [0.2, 0.25) is 0 Å². The van der Waals surface area contributed by atoms with Gasteiger partial charge in [0.15, 0.2) is 5.82 Å². The highest BCUT2D eigenvalue weighted by Crippen LogP contribution is 2.33. The molecule has 2 aromatic carbocycles. The van der Waals surface area contributed by atoms with Crippen LogP contribution in [0, 0.1) is 23.1 Å². The number of halogens is 2. The summed E-state index contributed by atoms with van der Waals surface area (Å²) < 4.78 is 17.8. The Labute approximate surface area is 211 Å². The van der Waals surface area contributed by atoms with Crippen molar-refractivity contribution in [3.05, 3.63) is 69.4 Å². The fourth-order valence-corrected chi connectivity index (χ4v) is 5.65. The molecule has 2 aliphatic rings. The summed E-state index contributed by atoms with van der Waals surface area (Å²) in [6.07, 6.45) is 3.72. The highest BCUT2D eigenvalue weighted by atomic mass is 35.5. The van der Waals surface area contributed by atoms with Crippen molar-refractivity contribution in [3.63, 3.8) is 0 Å². The third-order valence-corrected chi connectivity index (χ3v) is 7.63. The zero-order valence-electron chi connectivity index (χ0n) is 19.6. The minimum absolute atomic E-state index is 0.0311. The molecular weight excluding hydrogens is 481 g/mol. The molecule has 6 rings (SSSR count). The van der Waals surface area contributed by atoms with Crippen molar-refractivity contribution in [3.8, 4) is 23.1 Å². The Bertz CT molecular complexity index is 1600. The second-order valence-electron chi connectivity index (χ2n) is 9.38. The van der Waals surface area contributed by atoms with E-state index in [1.165, 1.54) is 16.7 Å². The standard InChI is InChI=1S/C26H23ClFN7O/c1-33-22-5-4-19(10-18(22)13-31-33)35-24(15-2-3-16(12-29)20(28)11-15)32-25(23(27)26(35)36)34-9-7-21-17(14-34)6-8-30-21/h2-5,10-11,13,17,21,30H,6-9,14H2,1H3. The van der Waals surface area contributed by atoms with Gasteiger partial charge in [-0.15, -0.1) is 0 Å². The number of hydrogen-bond acceptors (Lipinski definition) is 6. The van der Waals surface area contributed by atoms with Crippen molar-refractivity contribution in [1.29, 1.82) is 5.26 Å². The number of nitrogens with zero attached hydrogens (tertiary/aromatic N) is 6. The molecule has 1 N–H and O–H groups in total. The van der Waals surface area contributed by atoms with Gasteiger partial charge in [0, 0.05) is 37.1 Å². The van der Waals surface area contributed by atoms with Crippen LogP contribution in [0.2, 0.25) is 5.02 Å². The Morgan fingerprint density at radius 3 is 2.89 bits per heavy atom. The van der Waals surface area contributed by atoms with E-state index in [0.29, 0.717) is 35.6 Å². The van der Waals surface area contributed by atoms with Gasteiger partial charge in [0.05, 0.1) is 23.0 Å². The highest BCUT2D eigenvalue weighted by Gasteiger charge is 2.34. The lowest BCUT2D eigenvalue weighted by atomic mass is 9.93. The van der Waals surface area contributed by atoms with Crippen molar-refractivity contribution >= 4 is 28.3 Å². The van der Waals surface area contributed by atoms with Gasteiger partial charge < -0.3 is 10.2 Å². The lowest BCUT2D eigenvalue weighted by Gasteiger charge is -2.36. The molecule has 0 spiro atoms. The number of anilines is 1. The largest absolute Gasteiger partial charge is 0.355 e. The number of aromatic nitrogens is 4. The van der Waals surface area contributed by atoms with Crippen LogP contribution in [0.3, 0.4) is 0 Å². The molecular formula is C26H23ClFN7O. The number of hydrogen-bond donors (Lipinski definition) is 1. The van der Waals surface area contributed by atoms with E-state index < -0.39 is 11.4 Å². The quantitative estimate of drug-likeness (QED) is 0.459. The first-order chi connectivity index (χ1) is 17.4. The lowest BCUT2D eigenvalue weighted by Crippen LogP contribution is -2.45. The molecule has 2 atom stereocenters. The summed E-state index contributed by atoms with van der Waals surface area (Å²) in [6.45, 7) is 2.45. The lowest BCUT2D eigenvalue weighted by molar-refractivity contribution is 0.375. The average Bonchev–Trinajstić information content (AvgIpc) is 3.51. The molecule has 0 amide bonds. The van der Waals surface area contributed by atoms with Crippen molar-refractivity contribution in [1.82, 2.24) is 24.6 Å². The molecule has 36 heavy (non-hydrogen) atoms. The van der Waals surface area contributed by atoms with Crippen LogP contribution in [0.1, 0.15) is 18.4 Å². The molecule has 10 heteroatoms. The molecule has 2 aliphatic heterocycles. The minimum Gasteiger partial charge on any atom is -0.355 e. The van der Waals surface area contributed by atoms with E-state index >= 15 is 0 Å². The second kappa shape index (κ2) is 8.73. The van der Waals surface area contributed by atoms with Gasteiger partial charge in [0.25, 0.3) is 5.56 Å². The first-order valence-electron chi connectivity index (χ1n) is 11.9. The smallest absolute Gasteiger partial charge is 0.279 e. The maximum atomic E-state index is 14.7. The van der Waals surface area contributed by atoms with E-state index in [2.05, 4.69) is 15.3 Å². The Balaban J connectivity index is 1.55. The van der Waals surface area contributed by atoms with Crippen molar-refractivity contribution < 1.29 is 4.39 Å². The summed E-state index contributed by atoms with van der Waals surface area (Å²) >= 11 is 6.70. The third kappa shape index (κ3) is 3.65. The van der Waals surface area contributed by atoms with E-state index in [1.807, 2.05) is 25.2 Å². The zero-order valence-corrected chi connectivity index (χ0v) is 20.3. The molecule has 0 saturated carbocycles. The van der Waals surface area contributed by atoms with Crippen LogP contribution in [0.25, 0.3) is 28.0 Å². The molecule has 0 aliphatic carbocycles. The summed E-state index contributed by atoms with van der Waals surface area (Å²) in [5, 5.41) is 17.9. The summed E-state index contributed by atoms with van der Waals surface area (Å²) in [5.41, 5.74) is 1.32. The van der Waals surface area contributed by atoms with Crippen molar-refractivity contribution in [2.45, 2.75) is 18.9 Å². The number of piperidine rings is 1. The van der Waals surface area contributed by atoms with Crippen molar-refractivity contribution in [2.24, 2.45) is 13.0 Å². The third-order valence-electron chi connectivity index (χ3n) is 7.30. The Kier molecular flexibility index (Phi) is 5.51. The van der Waals surface area contributed by atoms with Crippen LogP contribution >= 0.6 is 11.6 Å². The van der Waals surface area contributed by atoms with E-state index in [1.54, 1.807) is 23.0 Å². The molecule has 4 heterocycles. The maximum Gasteiger partial charge on any atom is 0.279 e. The Hall–Kier alpha value is -3.74. The topological polar surface area (TPSA) is 91.8 Å². The molecule has 0 bridgehead atoms. The number of benzene rings is 2. The predicted octanol–water partition coefficient (Wildman–Crippen LogP) is 3.64. The maximum absolute atomic E-state index is 14.7. The number of rotatable bonds is 3. The van der Waals surface area contributed by atoms with Crippen LogP contribution in [0.15, 0.2) is 47.4 Å². The van der Waals surface area contributed by atoms with E-state index in [0.717, 1.165) is 36.8 Å². The van der Waals surface area contributed by atoms with Gasteiger partial charge in [0.1, 0.15) is 22.7 Å². The first kappa shape index (κ1) is 22.7. The number of nitriles is 1. The fraction of sp³-hybridized carbons (Fsp3) is 0.308. The zero-order chi connectivity index (χ0) is 25.0. The normalized spacial score (nSPS) is 19.4. The van der Waals surface area contributed by atoms with E-state index in [4.69, 9.17) is 16.6 Å². The summed E-state index contributed by atoms with van der Waals surface area (Å²) in [6, 6.07) is 12.0. The molecule has 182 valence electrons. The van der Waals surface area contributed by atoms with Gasteiger partial charge in [-0.05, 0) is 61.7 Å². The number of aryl methyl sites for hydroxylation is 1. The van der Waals surface area contributed by atoms with Crippen LogP contribution in [-0.2, 0) is 7.05 Å². The highest BCUT2D eigenvalue weighted by molar-refractivity contribution is 6.32. The van der Waals surface area contributed by atoms with Crippen LogP contribution in [0.5, 0.6) is 0 Å². The Morgan fingerprint density at radius 2 is 2.08 bits per heavy atom. The van der Waals surface area contributed by atoms with E-state index in [-0.39, 0.29) is 16.4 Å². The first-order valence-corrected chi connectivity index (χ1v) is 12.3. The molecule has 0 radical (unpaired) electrons. The Morgan fingerprint density at radius 1 is 1.22 bits per heavy atom. The summed E-state index contributed by atoms with van der Waals surface area (Å²) in [7, 11) is 1.84. The molecule has 8 nitrogen and oxygen atoms in total. The predicted molar refractivity (Wildman–Crippen MR) is 136 cm³/mol. The van der Waals surface area contributed by atoms with Gasteiger partial charge in [-0.25, -0.2) is 9.37 Å². The summed E-state index contributed by atoms with van der Waals surface area (Å²) in [5.74, 6) is 0.457. The monoisotopic (exact) mass is 503 g/mol. The molecule has 2 aromatic heterocycles. The molecule has 2 unspecified atom stereocenters. The van der Waals surface area contributed by atoms with Gasteiger partial charge in [-0.2, -0.15) is 10.4 Å². The van der Waals surface area contributed by atoms with E-state index in [9.17, 15) is 14.4 Å². The van der Waals surface area contributed by atoms with Crippen molar-refractivity contribution in [2.75, 3.05) is 24.5 Å². The second-order valence-corrected chi connectivity index (χ2v) is 9.75. The number of fused-ring (bicyclic) bond motifs is 2. The molecule has 2 fully saturated rings. The van der Waals surface area contributed by atoms with Gasteiger partial charge >= 0.3 is 0 Å². The van der Waals surface area contributed by atoms with Crippen LogP contribution in [-0.4, -0.2) is 45.0 Å². The SMILES string of the molecule is Cn1ncc2cc(-n3c(-c4ccc(C#N)c(F)c4)nc(N4CCC5NCCC5C4)c(Cl)c3=O)ccc21. The summed E-state index contributed by atoms with van der Waals surface area (Å²) in [4.78, 5) is 20.7. The molecule has 2 saturated heterocycles. The van der Waals surface area contributed by atoms with Crippen LogP contribution < -0.4 is 15.8 Å². The van der Waals surface area contributed by atoms with Gasteiger partial charge in [-0.3, -0.25) is 14.0 Å². The molecule has 4 aromatic rings. The van der Waals surface area contributed by atoms with Crippen LogP contribution in [0.4, 0.5) is 10.2 Å². The average molecular weight is 504 g/mol.